The van der Waals surface area contributed by atoms with Gasteiger partial charge >= 0.3 is 6.01 Å². The van der Waals surface area contributed by atoms with E-state index in [1.807, 2.05) is 25.6 Å². The highest BCUT2D eigenvalue weighted by molar-refractivity contribution is 5.62. The second-order valence-electron chi connectivity index (χ2n) is 6.99. The van der Waals surface area contributed by atoms with Gasteiger partial charge < -0.3 is 10.1 Å². The van der Waals surface area contributed by atoms with Crippen LogP contribution in [0.3, 0.4) is 0 Å². The maximum absolute atomic E-state index is 5.27. The van der Waals surface area contributed by atoms with Gasteiger partial charge in [0.1, 0.15) is 0 Å². The van der Waals surface area contributed by atoms with E-state index in [0.29, 0.717) is 29.9 Å². The summed E-state index contributed by atoms with van der Waals surface area (Å²) in [6, 6.07) is 1.27. The number of hydrogen-bond acceptors (Lipinski definition) is 7. The number of aromatic nitrogens is 5. The SMILES string of the molecule is COc1nc(NCCN(C(C)C)C(C)C)nc(-c2c(C)nn(C)c2C)n1. The van der Waals surface area contributed by atoms with Crippen molar-refractivity contribution in [2.45, 2.75) is 53.6 Å². The molecule has 2 heterocycles. The molecule has 0 amide bonds. The van der Waals surface area contributed by atoms with Crippen LogP contribution >= 0.6 is 0 Å². The van der Waals surface area contributed by atoms with E-state index >= 15 is 0 Å². The number of anilines is 1. The number of aryl methyl sites for hydroxylation is 2. The number of ether oxygens (including phenoxy) is 1. The van der Waals surface area contributed by atoms with Gasteiger partial charge in [-0.1, -0.05) is 0 Å². The summed E-state index contributed by atoms with van der Waals surface area (Å²) in [5.41, 5.74) is 2.81. The molecular weight excluding hydrogens is 330 g/mol. The van der Waals surface area contributed by atoms with Crippen molar-refractivity contribution in [3.8, 4) is 17.4 Å². The smallest absolute Gasteiger partial charge is 0.321 e. The highest BCUT2D eigenvalue weighted by atomic mass is 16.5. The van der Waals surface area contributed by atoms with Crippen LogP contribution in [0.25, 0.3) is 11.4 Å². The van der Waals surface area contributed by atoms with Gasteiger partial charge in [-0.2, -0.15) is 20.1 Å². The van der Waals surface area contributed by atoms with Crippen molar-refractivity contribution < 1.29 is 4.74 Å². The number of rotatable bonds is 8. The van der Waals surface area contributed by atoms with Gasteiger partial charge in [0.2, 0.25) is 5.95 Å². The molecule has 1 N–H and O–H groups in total. The van der Waals surface area contributed by atoms with Crippen LogP contribution in [0.5, 0.6) is 6.01 Å². The molecule has 0 saturated heterocycles. The van der Waals surface area contributed by atoms with Crippen molar-refractivity contribution >= 4 is 5.95 Å². The Morgan fingerprint density at radius 2 is 1.73 bits per heavy atom. The molecule has 0 bridgehead atoms. The third-order valence-electron chi connectivity index (χ3n) is 4.51. The van der Waals surface area contributed by atoms with E-state index in [4.69, 9.17) is 4.74 Å². The van der Waals surface area contributed by atoms with Crippen molar-refractivity contribution in [3.05, 3.63) is 11.4 Å². The van der Waals surface area contributed by atoms with Gasteiger partial charge in [-0.15, -0.1) is 0 Å². The second-order valence-corrected chi connectivity index (χ2v) is 6.99. The molecule has 0 aromatic carbocycles. The van der Waals surface area contributed by atoms with Crippen LogP contribution in [-0.2, 0) is 7.05 Å². The maximum atomic E-state index is 5.27. The first-order valence-electron chi connectivity index (χ1n) is 9.04. The minimum absolute atomic E-state index is 0.296. The van der Waals surface area contributed by atoms with Crippen LogP contribution in [0.2, 0.25) is 0 Å². The summed E-state index contributed by atoms with van der Waals surface area (Å²) in [6.45, 7) is 14.4. The van der Waals surface area contributed by atoms with Crippen LogP contribution in [0.4, 0.5) is 5.95 Å². The minimum atomic E-state index is 0.296. The maximum Gasteiger partial charge on any atom is 0.321 e. The Bertz CT molecular complexity index is 731. The quantitative estimate of drug-likeness (QED) is 0.773. The van der Waals surface area contributed by atoms with E-state index in [1.54, 1.807) is 7.11 Å². The van der Waals surface area contributed by atoms with Crippen molar-refractivity contribution in [3.63, 3.8) is 0 Å². The minimum Gasteiger partial charge on any atom is -0.467 e. The zero-order valence-corrected chi connectivity index (χ0v) is 17.2. The molecule has 8 heteroatoms. The van der Waals surface area contributed by atoms with E-state index in [0.717, 1.165) is 30.0 Å². The number of nitrogens with one attached hydrogen (secondary N) is 1. The summed E-state index contributed by atoms with van der Waals surface area (Å²) in [7, 11) is 3.47. The molecule has 144 valence electrons. The molecular formula is C18H31N7O. The van der Waals surface area contributed by atoms with Crippen molar-refractivity contribution in [1.29, 1.82) is 0 Å². The van der Waals surface area contributed by atoms with Crippen molar-refractivity contribution in [2.75, 3.05) is 25.5 Å². The Kier molecular flexibility index (Phi) is 6.52. The third-order valence-corrected chi connectivity index (χ3v) is 4.51. The molecule has 0 aliphatic carbocycles. The summed E-state index contributed by atoms with van der Waals surface area (Å²) < 4.78 is 7.10. The highest BCUT2D eigenvalue weighted by Crippen LogP contribution is 2.25. The molecule has 0 fully saturated rings. The van der Waals surface area contributed by atoms with E-state index in [2.05, 4.69) is 58.0 Å². The molecule has 0 aliphatic heterocycles. The molecule has 0 spiro atoms. The Morgan fingerprint density at radius 3 is 2.23 bits per heavy atom. The lowest BCUT2D eigenvalue weighted by Gasteiger charge is -2.30. The average molecular weight is 361 g/mol. The summed E-state index contributed by atoms with van der Waals surface area (Å²) in [6.07, 6.45) is 0. The molecule has 2 aromatic heterocycles. The summed E-state index contributed by atoms with van der Waals surface area (Å²) in [5.74, 6) is 1.09. The Labute approximate surface area is 156 Å². The lowest BCUT2D eigenvalue weighted by atomic mass is 10.2. The van der Waals surface area contributed by atoms with Gasteiger partial charge in [0.15, 0.2) is 5.82 Å². The van der Waals surface area contributed by atoms with E-state index < -0.39 is 0 Å². The van der Waals surface area contributed by atoms with Crippen LogP contribution < -0.4 is 10.1 Å². The molecule has 8 nitrogen and oxygen atoms in total. The Morgan fingerprint density at radius 1 is 1.08 bits per heavy atom. The molecule has 2 aromatic rings. The predicted octanol–water partition coefficient (Wildman–Crippen LogP) is 2.43. The zero-order valence-electron chi connectivity index (χ0n) is 17.2. The normalized spacial score (nSPS) is 11.7. The van der Waals surface area contributed by atoms with Gasteiger partial charge in [0.25, 0.3) is 0 Å². The van der Waals surface area contributed by atoms with E-state index in [-0.39, 0.29) is 0 Å². The van der Waals surface area contributed by atoms with Crippen LogP contribution in [-0.4, -0.2) is 61.9 Å². The summed E-state index contributed by atoms with van der Waals surface area (Å²) in [5, 5.41) is 7.75. The van der Waals surface area contributed by atoms with E-state index in [1.165, 1.54) is 0 Å². The summed E-state index contributed by atoms with van der Waals surface area (Å²) in [4.78, 5) is 15.7. The highest BCUT2D eigenvalue weighted by Gasteiger charge is 2.18. The monoisotopic (exact) mass is 361 g/mol. The van der Waals surface area contributed by atoms with Gasteiger partial charge in [0, 0.05) is 37.9 Å². The first-order valence-corrected chi connectivity index (χ1v) is 9.04. The Hall–Kier alpha value is -2.22. The summed E-state index contributed by atoms with van der Waals surface area (Å²) >= 11 is 0. The fourth-order valence-electron chi connectivity index (χ4n) is 3.15. The number of hydrogen-bond donors (Lipinski definition) is 1. The van der Waals surface area contributed by atoms with Crippen molar-refractivity contribution in [2.24, 2.45) is 7.05 Å². The molecule has 0 atom stereocenters. The largest absolute Gasteiger partial charge is 0.467 e. The van der Waals surface area contributed by atoms with Crippen LogP contribution in [0.1, 0.15) is 39.1 Å². The van der Waals surface area contributed by atoms with E-state index in [9.17, 15) is 0 Å². The lowest BCUT2D eigenvalue weighted by molar-refractivity contribution is 0.182. The third kappa shape index (κ3) is 4.49. The van der Waals surface area contributed by atoms with Gasteiger partial charge in [0.05, 0.1) is 18.4 Å². The van der Waals surface area contributed by atoms with Crippen molar-refractivity contribution in [1.82, 2.24) is 29.6 Å². The van der Waals surface area contributed by atoms with Crippen LogP contribution in [0.15, 0.2) is 0 Å². The molecule has 26 heavy (non-hydrogen) atoms. The number of nitrogens with zero attached hydrogens (tertiary/aromatic N) is 6. The lowest BCUT2D eigenvalue weighted by Crippen LogP contribution is -2.40. The molecule has 0 radical (unpaired) electrons. The van der Waals surface area contributed by atoms with Gasteiger partial charge in [-0.05, 0) is 41.5 Å². The van der Waals surface area contributed by atoms with Crippen LogP contribution in [0, 0.1) is 13.8 Å². The Balaban J connectivity index is 2.22. The zero-order chi connectivity index (χ0) is 19.4. The van der Waals surface area contributed by atoms with Gasteiger partial charge in [-0.3, -0.25) is 9.58 Å². The fourth-order valence-corrected chi connectivity index (χ4v) is 3.15. The fraction of sp³-hybridized carbons (Fsp3) is 0.667. The molecule has 2 rings (SSSR count). The molecule has 0 saturated carbocycles. The van der Waals surface area contributed by atoms with Gasteiger partial charge in [-0.25, -0.2) is 0 Å². The predicted molar refractivity (Wildman–Crippen MR) is 104 cm³/mol. The molecule has 0 aliphatic rings. The first-order chi connectivity index (χ1) is 12.2. The topological polar surface area (TPSA) is 81.0 Å². The second kappa shape index (κ2) is 8.44. The first kappa shape index (κ1) is 20.1. The standard InChI is InChI=1S/C18H31N7O/c1-11(2)25(12(3)4)10-9-19-17-20-16(21-18(22-17)26-8)15-13(5)23-24(7)14(15)6/h11-12H,9-10H2,1-8H3,(H,19,20,21,22). The average Bonchev–Trinajstić information content (AvgIpc) is 2.82. The molecule has 0 unspecified atom stereocenters. The number of methoxy groups -OCH3 is 1.